The van der Waals surface area contributed by atoms with Gasteiger partial charge in [-0.05, 0) is 28.8 Å². The highest BCUT2D eigenvalue weighted by molar-refractivity contribution is 5.77. The maximum absolute atomic E-state index is 5.94. The van der Waals surface area contributed by atoms with Gasteiger partial charge in [-0.1, -0.05) is 30.3 Å². The first kappa shape index (κ1) is 18.6. The van der Waals surface area contributed by atoms with Crippen molar-refractivity contribution < 1.29 is 14.2 Å². The van der Waals surface area contributed by atoms with Crippen LogP contribution in [0.5, 0.6) is 11.5 Å². The molecule has 0 heterocycles. The van der Waals surface area contributed by atoms with E-state index in [1.54, 1.807) is 21.3 Å². The predicted octanol–water partition coefficient (Wildman–Crippen LogP) is 2.45. The fourth-order valence-corrected chi connectivity index (χ4v) is 2.32. The van der Waals surface area contributed by atoms with Gasteiger partial charge in [-0.2, -0.15) is 0 Å². The summed E-state index contributed by atoms with van der Waals surface area (Å²) in [6.07, 6.45) is 0. The fourth-order valence-electron chi connectivity index (χ4n) is 2.32. The van der Waals surface area contributed by atoms with E-state index in [2.05, 4.69) is 10.3 Å². The highest BCUT2D eigenvalue weighted by Crippen LogP contribution is 2.27. The van der Waals surface area contributed by atoms with Crippen LogP contribution in [0.15, 0.2) is 47.5 Å². The number of nitrogens with one attached hydrogen (secondary N) is 1. The summed E-state index contributed by atoms with van der Waals surface area (Å²) in [5.41, 5.74) is 9.20. The standard InChI is InChI=1S/C19H25N3O3/c1-23-13-15-6-4-14(5-7-15)11-21-19(20)22-12-16-8-9-17(24-2)18(10-16)25-3/h4-10H,11-13H2,1-3H3,(H3,20,21,22). The smallest absolute Gasteiger partial charge is 0.189 e. The number of hydrogen-bond acceptors (Lipinski definition) is 4. The van der Waals surface area contributed by atoms with E-state index >= 15 is 0 Å². The molecular formula is C19H25N3O3. The highest BCUT2D eigenvalue weighted by atomic mass is 16.5. The molecule has 3 N–H and O–H groups in total. The van der Waals surface area contributed by atoms with Crippen molar-refractivity contribution in [2.75, 3.05) is 21.3 Å². The topological polar surface area (TPSA) is 78.1 Å². The maximum atomic E-state index is 5.94. The van der Waals surface area contributed by atoms with E-state index in [1.165, 1.54) is 0 Å². The average molecular weight is 343 g/mol. The van der Waals surface area contributed by atoms with E-state index in [0.717, 1.165) is 16.7 Å². The molecule has 0 aliphatic rings. The largest absolute Gasteiger partial charge is 0.493 e. The Morgan fingerprint density at radius 2 is 1.56 bits per heavy atom. The van der Waals surface area contributed by atoms with E-state index in [4.69, 9.17) is 19.9 Å². The van der Waals surface area contributed by atoms with E-state index in [9.17, 15) is 0 Å². The number of nitrogens with two attached hydrogens (primary N) is 1. The lowest BCUT2D eigenvalue weighted by Gasteiger charge is -2.09. The molecule has 2 aromatic rings. The molecule has 25 heavy (non-hydrogen) atoms. The molecule has 0 saturated carbocycles. The summed E-state index contributed by atoms with van der Waals surface area (Å²) < 4.78 is 15.6. The third-order valence-corrected chi connectivity index (χ3v) is 3.69. The summed E-state index contributed by atoms with van der Waals surface area (Å²) in [6, 6.07) is 13.9. The minimum Gasteiger partial charge on any atom is -0.493 e. The summed E-state index contributed by atoms with van der Waals surface area (Å²) in [6.45, 7) is 1.70. The summed E-state index contributed by atoms with van der Waals surface area (Å²) in [7, 11) is 4.91. The molecule has 0 atom stereocenters. The molecule has 0 spiro atoms. The monoisotopic (exact) mass is 343 g/mol. The number of nitrogens with zero attached hydrogens (tertiary/aromatic N) is 1. The van der Waals surface area contributed by atoms with Crippen LogP contribution >= 0.6 is 0 Å². The van der Waals surface area contributed by atoms with Gasteiger partial charge in [0.25, 0.3) is 0 Å². The molecule has 0 aromatic heterocycles. The molecule has 0 unspecified atom stereocenters. The molecule has 0 amide bonds. The molecule has 0 bridgehead atoms. The van der Waals surface area contributed by atoms with Crippen molar-refractivity contribution in [1.29, 1.82) is 0 Å². The van der Waals surface area contributed by atoms with Crippen LogP contribution < -0.4 is 20.5 Å². The van der Waals surface area contributed by atoms with Crippen molar-refractivity contribution in [1.82, 2.24) is 5.32 Å². The van der Waals surface area contributed by atoms with Crippen LogP contribution in [0, 0.1) is 0 Å². The zero-order chi connectivity index (χ0) is 18.1. The Hall–Kier alpha value is -2.73. The number of aliphatic imine (C=N–C) groups is 1. The molecule has 2 aromatic carbocycles. The first-order chi connectivity index (χ1) is 12.2. The molecule has 0 aliphatic heterocycles. The van der Waals surface area contributed by atoms with Gasteiger partial charge in [-0.15, -0.1) is 0 Å². The number of hydrogen-bond donors (Lipinski definition) is 2. The second-order valence-corrected chi connectivity index (χ2v) is 5.49. The van der Waals surface area contributed by atoms with Crippen LogP contribution in [-0.2, 0) is 24.4 Å². The SMILES string of the molecule is COCc1ccc(CNC(N)=NCc2ccc(OC)c(OC)c2)cc1. The van der Waals surface area contributed by atoms with Gasteiger partial charge in [0.05, 0.1) is 27.4 Å². The third-order valence-electron chi connectivity index (χ3n) is 3.69. The van der Waals surface area contributed by atoms with E-state index in [0.29, 0.717) is 37.2 Å². The van der Waals surface area contributed by atoms with Gasteiger partial charge in [-0.25, -0.2) is 4.99 Å². The summed E-state index contributed by atoms with van der Waals surface area (Å²) >= 11 is 0. The van der Waals surface area contributed by atoms with Gasteiger partial charge < -0.3 is 25.3 Å². The van der Waals surface area contributed by atoms with Gasteiger partial charge in [-0.3, -0.25) is 0 Å². The molecule has 0 fully saturated rings. The molecule has 0 aliphatic carbocycles. The molecule has 0 radical (unpaired) electrons. The van der Waals surface area contributed by atoms with Crippen molar-refractivity contribution in [2.45, 2.75) is 19.7 Å². The Morgan fingerprint density at radius 3 is 2.20 bits per heavy atom. The molecule has 2 rings (SSSR count). The number of ether oxygens (including phenoxy) is 3. The van der Waals surface area contributed by atoms with Gasteiger partial charge in [0, 0.05) is 13.7 Å². The number of rotatable bonds is 8. The Labute approximate surface area is 148 Å². The minimum absolute atomic E-state index is 0.399. The van der Waals surface area contributed by atoms with Gasteiger partial charge in [0.15, 0.2) is 17.5 Å². The Morgan fingerprint density at radius 1 is 0.920 bits per heavy atom. The Bertz CT molecular complexity index is 700. The van der Waals surface area contributed by atoms with Gasteiger partial charge >= 0.3 is 0 Å². The van der Waals surface area contributed by atoms with Gasteiger partial charge in [0.1, 0.15) is 0 Å². The Balaban J connectivity index is 1.89. The third kappa shape index (κ3) is 5.69. The summed E-state index contributed by atoms with van der Waals surface area (Å²) in [5, 5.41) is 3.11. The minimum atomic E-state index is 0.399. The van der Waals surface area contributed by atoms with Gasteiger partial charge in [0.2, 0.25) is 0 Å². The van der Waals surface area contributed by atoms with Crippen LogP contribution in [0.4, 0.5) is 0 Å². The molecule has 134 valence electrons. The molecule has 0 saturated heterocycles. The summed E-state index contributed by atoms with van der Waals surface area (Å²) in [4.78, 5) is 4.35. The first-order valence-corrected chi connectivity index (χ1v) is 7.97. The van der Waals surface area contributed by atoms with Crippen LogP contribution in [0.1, 0.15) is 16.7 Å². The van der Waals surface area contributed by atoms with E-state index < -0.39 is 0 Å². The molecule has 6 nitrogen and oxygen atoms in total. The zero-order valence-corrected chi connectivity index (χ0v) is 14.9. The zero-order valence-electron chi connectivity index (χ0n) is 14.9. The lowest BCUT2D eigenvalue weighted by atomic mass is 10.1. The van der Waals surface area contributed by atoms with Crippen molar-refractivity contribution in [3.63, 3.8) is 0 Å². The predicted molar refractivity (Wildman–Crippen MR) is 98.9 cm³/mol. The molecule has 6 heteroatoms. The van der Waals surface area contributed by atoms with E-state index in [1.807, 2.05) is 42.5 Å². The van der Waals surface area contributed by atoms with Crippen LogP contribution in [0.2, 0.25) is 0 Å². The van der Waals surface area contributed by atoms with Crippen molar-refractivity contribution in [3.05, 3.63) is 59.2 Å². The number of benzene rings is 2. The maximum Gasteiger partial charge on any atom is 0.189 e. The number of methoxy groups -OCH3 is 3. The van der Waals surface area contributed by atoms with Crippen LogP contribution in [0.3, 0.4) is 0 Å². The summed E-state index contributed by atoms with van der Waals surface area (Å²) in [5.74, 6) is 1.77. The number of guanidine groups is 1. The normalized spacial score (nSPS) is 11.2. The van der Waals surface area contributed by atoms with Crippen LogP contribution in [-0.4, -0.2) is 27.3 Å². The van der Waals surface area contributed by atoms with E-state index in [-0.39, 0.29) is 0 Å². The second-order valence-electron chi connectivity index (χ2n) is 5.49. The quantitative estimate of drug-likeness (QED) is 0.569. The van der Waals surface area contributed by atoms with Crippen molar-refractivity contribution in [3.8, 4) is 11.5 Å². The fraction of sp³-hybridized carbons (Fsp3) is 0.316. The van der Waals surface area contributed by atoms with Crippen LogP contribution in [0.25, 0.3) is 0 Å². The Kier molecular flexibility index (Phi) is 7.10. The first-order valence-electron chi connectivity index (χ1n) is 7.97. The average Bonchev–Trinajstić information content (AvgIpc) is 2.65. The second kappa shape index (κ2) is 9.54. The lowest BCUT2D eigenvalue weighted by Crippen LogP contribution is -2.31. The van der Waals surface area contributed by atoms with Crippen molar-refractivity contribution in [2.24, 2.45) is 10.7 Å². The van der Waals surface area contributed by atoms with Crippen molar-refractivity contribution >= 4 is 5.96 Å². The highest BCUT2D eigenvalue weighted by Gasteiger charge is 2.04. The molecular weight excluding hydrogens is 318 g/mol. The lowest BCUT2D eigenvalue weighted by molar-refractivity contribution is 0.185.